The third-order valence-corrected chi connectivity index (χ3v) is 3.77. The summed E-state index contributed by atoms with van der Waals surface area (Å²) in [5, 5.41) is 3.39. The highest BCUT2D eigenvalue weighted by atomic mass is 19.1. The van der Waals surface area contributed by atoms with Gasteiger partial charge in [-0.15, -0.1) is 0 Å². The number of nitrogens with one attached hydrogen (secondary N) is 1. The molecule has 0 amide bonds. The number of ether oxygens (including phenoxy) is 1. The molecule has 1 aromatic heterocycles. The van der Waals surface area contributed by atoms with Gasteiger partial charge in [-0.1, -0.05) is 6.07 Å². The van der Waals surface area contributed by atoms with Crippen LogP contribution < -0.4 is 10.1 Å². The maximum absolute atomic E-state index is 13.9. The van der Waals surface area contributed by atoms with Crippen LogP contribution in [0.1, 0.15) is 37.1 Å². The fourth-order valence-corrected chi connectivity index (χ4v) is 2.81. The van der Waals surface area contributed by atoms with Crippen molar-refractivity contribution in [3.8, 4) is 5.75 Å². The fourth-order valence-electron chi connectivity index (χ4n) is 2.81. The van der Waals surface area contributed by atoms with Crippen LogP contribution in [0.2, 0.25) is 0 Å². The van der Waals surface area contributed by atoms with Crippen molar-refractivity contribution in [2.24, 2.45) is 0 Å². The number of pyridine rings is 1. The van der Waals surface area contributed by atoms with E-state index in [0.717, 1.165) is 30.6 Å². The van der Waals surface area contributed by atoms with E-state index in [0.29, 0.717) is 12.4 Å². The molecular weight excluding hydrogens is 267 g/mol. The summed E-state index contributed by atoms with van der Waals surface area (Å²) in [6.45, 7) is 2.31. The molecule has 1 atom stereocenters. The summed E-state index contributed by atoms with van der Waals surface area (Å²) in [6.07, 6.45) is 5.02. The number of halogens is 1. The summed E-state index contributed by atoms with van der Waals surface area (Å²) in [4.78, 5) is 4.49. The quantitative estimate of drug-likeness (QED) is 0.918. The number of benzene rings is 1. The number of hydrogen-bond acceptors (Lipinski definition) is 3. The number of anilines is 1. The summed E-state index contributed by atoms with van der Waals surface area (Å²) >= 11 is 0. The molecule has 1 N–H and O–H groups in total. The normalized spacial score (nSPS) is 17.1. The van der Waals surface area contributed by atoms with Crippen LogP contribution in [0, 0.1) is 5.82 Å². The van der Waals surface area contributed by atoms with Gasteiger partial charge in [0.05, 0.1) is 18.3 Å². The van der Waals surface area contributed by atoms with E-state index in [-0.39, 0.29) is 11.9 Å². The Labute approximate surface area is 124 Å². The van der Waals surface area contributed by atoms with E-state index < -0.39 is 0 Å². The molecular formula is C17H19FN2O. The highest BCUT2D eigenvalue weighted by molar-refractivity contribution is 5.49. The summed E-state index contributed by atoms with van der Waals surface area (Å²) in [5.74, 6) is -0.0378. The lowest BCUT2D eigenvalue weighted by Gasteiger charge is -2.26. The second-order valence-corrected chi connectivity index (χ2v) is 5.22. The minimum Gasteiger partial charge on any atom is -0.491 e. The summed E-state index contributed by atoms with van der Waals surface area (Å²) in [6, 6.07) is 9.25. The molecule has 0 aliphatic heterocycles. The van der Waals surface area contributed by atoms with Crippen molar-refractivity contribution in [1.29, 1.82) is 0 Å². The summed E-state index contributed by atoms with van der Waals surface area (Å²) < 4.78 is 19.1. The van der Waals surface area contributed by atoms with Crippen molar-refractivity contribution in [3.63, 3.8) is 0 Å². The first kappa shape index (κ1) is 13.9. The van der Waals surface area contributed by atoms with Gasteiger partial charge in [-0.3, -0.25) is 4.98 Å². The van der Waals surface area contributed by atoms with E-state index in [1.54, 1.807) is 6.07 Å². The average molecular weight is 286 g/mol. The van der Waals surface area contributed by atoms with Gasteiger partial charge >= 0.3 is 0 Å². The SMILES string of the molecule is CCOc1ccc(NC2CCCc3cccnc32)cc1F. The van der Waals surface area contributed by atoms with Crippen LogP contribution in [-0.2, 0) is 6.42 Å². The van der Waals surface area contributed by atoms with Crippen LogP contribution in [0.5, 0.6) is 5.75 Å². The number of aromatic nitrogens is 1. The zero-order valence-corrected chi connectivity index (χ0v) is 12.1. The van der Waals surface area contributed by atoms with Gasteiger partial charge < -0.3 is 10.1 Å². The molecule has 1 aliphatic rings. The lowest BCUT2D eigenvalue weighted by Crippen LogP contribution is -2.18. The van der Waals surface area contributed by atoms with E-state index >= 15 is 0 Å². The Morgan fingerprint density at radius 1 is 1.38 bits per heavy atom. The van der Waals surface area contributed by atoms with E-state index in [2.05, 4.69) is 16.4 Å². The van der Waals surface area contributed by atoms with Crippen LogP contribution in [-0.4, -0.2) is 11.6 Å². The molecule has 21 heavy (non-hydrogen) atoms. The molecule has 0 fully saturated rings. The Hall–Kier alpha value is -2.10. The van der Waals surface area contributed by atoms with Gasteiger partial charge in [-0.25, -0.2) is 4.39 Å². The molecule has 2 aromatic rings. The average Bonchev–Trinajstić information content (AvgIpc) is 2.51. The highest BCUT2D eigenvalue weighted by Crippen LogP contribution is 2.31. The largest absolute Gasteiger partial charge is 0.491 e. The number of hydrogen-bond donors (Lipinski definition) is 1. The van der Waals surface area contributed by atoms with Gasteiger partial charge in [0.25, 0.3) is 0 Å². The lowest BCUT2D eigenvalue weighted by atomic mass is 9.92. The van der Waals surface area contributed by atoms with Crippen LogP contribution in [0.3, 0.4) is 0 Å². The van der Waals surface area contributed by atoms with Crippen LogP contribution >= 0.6 is 0 Å². The smallest absolute Gasteiger partial charge is 0.167 e. The van der Waals surface area contributed by atoms with Gasteiger partial charge in [0.15, 0.2) is 11.6 Å². The maximum Gasteiger partial charge on any atom is 0.167 e. The minimum absolute atomic E-state index is 0.146. The Balaban J connectivity index is 1.80. The molecule has 0 radical (unpaired) electrons. The van der Waals surface area contributed by atoms with Crippen molar-refractivity contribution >= 4 is 5.69 Å². The fraction of sp³-hybridized carbons (Fsp3) is 0.353. The third kappa shape index (κ3) is 2.99. The molecule has 0 bridgehead atoms. The second kappa shape index (κ2) is 6.12. The number of rotatable bonds is 4. The van der Waals surface area contributed by atoms with Crippen molar-refractivity contribution in [1.82, 2.24) is 4.98 Å². The monoisotopic (exact) mass is 286 g/mol. The van der Waals surface area contributed by atoms with Crippen LogP contribution in [0.15, 0.2) is 36.5 Å². The molecule has 1 aromatic carbocycles. The highest BCUT2D eigenvalue weighted by Gasteiger charge is 2.21. The Morgan fingerprint density at radius 2 is 2.29 bits per heavy atom. The van der Waals surface area contributed by atoms with Crippen molar-refractivity contribution < 1.29 is 9.13 Å². The third-order valence-electron chi connectivity index (χ3n) is 3.77. The van der Waals surface area contributed by atoms with Crippen LogP contribution in [0.25, 0.3) is 0 Å². The van der Waals surface area contributed by atoms with Crippen LogP contribution in [0.4, 0.5) is 10.1 Å². The first-order valence-electron chi connectivity index (χ1n) is 7.40. The Bertz CT molecular complexity index is 630. The Kier molecular flexibility index (Phi) is 4.04. The van der Waals surface area contributed by atoms with E-state index in [1.165, 1.54) is 11.6 Å². The molecule has 0 saturated carbocycles. The number of nitrogens with zero attached hydrogens (tertiary/aromatic N) is 1. The molecule has 1 heterocycles. The molecule has 1 aliphatic carbocycles. The molecule has 0 saturated heterocycles. The van der Waals surface area contributed by atoms with E-state index in [9.17, 15) is 4.39 Å². The molecule has 110 valence electrons. The van der Waals surface area contributed by atoms with Gasteiger partial charge in [0, 0.05) is 18.0 Å². The lowest BCUT2D eigenvalue weighted by molar-refractivity contribution is 0.321. The predicted octanol–water partition coefficient (Wildman–Crippen LogP) is 4.11. The van der Waals surface area contributed by atoms with Crippen molar-refractivity contribution in [2.45, 2.75) is 32.2 Å². The minimum atomic E-state index is -0.334. The summed E-state index contributed by atoms with van der Waals surface area (Å²) in [7, 11) is 0. The Morgan fingerprint density at radius 3 is 3.10 bits per heavy atom. The molecule has 3 rings (SSSR count). The zero-order chi connectivity index (χ0) is 14.7. The van der Waals surface area contributed by atoms with Crippen molar-refractivity contribution in [2.75, 3.05) is 11.9 Å². The first-order valence-corrected chi connectivity index (χ1v) is 7.40. The molecule has 0 spiro atoms. The molecule has 3 nitrogen and oxygen atoms in total. The first-order chi connectivity index (χ1) is 10.3. The number of aryl methyl sites for hydroxylation is 1. The predicted molar refractivity (Wildman–Crippen MR) is 81.1 cm³/mol. The van der Waals surface area contributed by atoms with E-state index in [4.69, 9.17) is 4.74 Å². The topological polar surface area (TPSA) is 34.1 Å². The second-order valence-electron chi connectivity index (χ2n) is 5.22. The number of fused-ring (bicyclic) bond motifs is 1. The van der Waals surface area contributed by atoms with Gasteiger partial charge in [-0.2, -0.15) is 0 Å². The van der Waals surface area contributed by atoms with Gasteiger partial charge in [0.2, 0.25) is 0 Å². The standard InChI is InChI=1S/C17H19FN2O/c1-2-21-16-9-8-13(11-14(16)18)20-15-7-3-5-12-6-4-10-19-17(12)15/h4,6,8-11,15,20H,2-3,5,7H2,1H3. The van der Waals surface area contributed by atoms with E-state index in [1.807, 2.05) is 25.3 Å². The zero-order valence-electron chi connectivity index (χ0n) is 12.1. The van der Waals surface area contributed by atoms with Crippen molar-refractivity contribution in [3.05, 3.63) is 53.6 Å². The molecule has 4 heteroatoms. The molecule has 1 unspecified atom stereocenters. The van der Waals surface area contributed by atoms with Gasteiger partial charge in [0.1, 0.15) is 0 Å². The van der Waals surface area contributed by atoms with Gasteiger partial charge in [-0.05, 0) is 49.9 Å². The summed E-state index contributed by atoms with van der Waals surface area (Å²) in [5.41, 5.74) is 3.13. The maximum atomic E-state index is 13.9.